The van der Waals surface area contributed by atoms with Crippen LogP contribution in [0.25, 0.3) is 0 Å². The van der Waals surface area contributed by atoms with Crippen LogP contribution in [0.2, 0.25) is 5.02 Å². The number of hydrogen-bond acceptors (Lipinski definition) is 3. The number of benzene rings is 2. The van der Waals surface area contributed by atoms with Crippen LogP contribution >= 0.6 is 11.6 Å². The molecule has 0 radical (unpaired) electrons. The van der Waals surface area contributed by atoms with E-state index < -0.39 is 6.04 Å². The third-order valence-electron chi connectivity index (χ3n) is 8.11. The molecule has 3 amide bonds. The topological polar surface area (TPSA) is 66.5 Å². The number of halogens is 1. The summed E-state index contributed by atoms with van der Waals surface area (Å²) < 4.78 is 0. The number of carbonyl (C=O) groups is 3. The van der Waals surface area contributed by atoms with E-state index in [1.807, 2.05) is 37.3 Å². The second-order valence-corrected chi connectivity index (χ2v) is 10.2. The predicted molar refractivity (Wildman–Crippen MR) is 125 cm³/mol. The van der Waals surface area contributed by atoms with Gasteiger partial charge in [-0.2, -0.15) is 0 Å². The number of anilines is 1. The molecule has 4 aliphatic carbocycles. The Bertz CT molecular complexity index is 1160. The largest absolute Gasteiger partial charge is 0.324 e. The predicted octanol–water partition coefficient (Wildman–Crippen LogP) is 4.25. The molecule has 7 rings (SSSR count). The van der Waals surface area contributed by atoms with Gasteiger partial charge in [0.25, 0.3) is 0 Å². The molecule has 7 atom stereocenters. The minimum atomic E-state index is -0.910. The lowest BCUT2D eigenvalue weighted by Crippen LogP contribution is -2.49. The van der Waals surface area contributed by atoms with Crippen LogP contribution in [-0.2, 0) is 20.8 Å². The van der Waals surface area contributed by atoms with Crippen LogP contribution < -0.4 is 5.32 Å². The van der Waals surface area contributed by atoms with Gasteiger partial charge in [-0.05, 0) is 60.3 Å². The van der Waals surface area contributed by atoms with Crippen LogP contribution in [0.5, 0.6) is 0 Å². The molecule has 2 saturated carbocycles. The fraction of sp³-hybridized carbons (Fsp3) is 0.370. The number of amides is 3. The maximum Gasteiger partial charge on any atom is 0.248 e. The zero-order valence-corrected chi connectivity index (χ0v) is 19.0. The molecular formula is C27H25ClN2O3. The van der Waals surface area contributed by atoms with Crippen LogP contribution in [0.1, 0.15) is 17.5 Å². The molecule has 1 aliphatic heterocycles. The van der Waals surface area contributed by atoms with Gasteiger partial charge in [-0.25, -0.2) is 0 Å². The summed E-state index contributed by atoms with van der Waals surface area (Å²) in [5.74, 6) is -0.0891. The molecule has 5 nitrogen and oxygen atoms in total. The van der Waals surface area contributed by atoms with Gasteiger partial charge in [-0.1, -0.05) is 60.2 Å². The summed E-state index contributed by atoms with van der Waals surface area (Å²) in [6.07, 6.45) is 5.68. The van der Waals surface area contributed by atoms with E-state index in [9.17, 15) is 14.4 Å². The van der Waals surface area contributed by atoms with Crippen molar-refractivity contribution in [2.24, 2.45) is 35.5 Å². The minimum absolute atomic E-state index is 0.127. The Hall–Kier alpha value is -2.92. The lowest BCUT2D eigenvalue weighted by molar-refractivity contribution is -0.146. The number of allylic oxidation sites excluding steroid dienone is 2. The van der Waals surface area contributed by atoms with Crippen molar-refractivity contribution in [1.82, 2.24) is 4.90 Å². The molecule has 3 fully saturated rings. The van der Waals surface area contributed by atoms with Crippen LogP contribution in [0.15, 0.2) is 60.7 Å². The minimum Gasteiger partial charge on any atom is -0.324 e. The zero-order chi connectivity index (χ0) is 22.9. The molecule has 0 unspecified atom stereocenters. The van der Waals surface area contributed by atoms with Gasteiger partial charge in [0.05, 0.1) is 11.8 Å². The van der Waals surface area contributed by atoms with E-state index in [2.05, 4.69) is 17.5 Å². The molecule has 33 heavy (non-hydrogen) atoms. The lowest BCUT2D eigenvalue weighted by atomic mass is 9.63. The number of carbonyl (C=O) groups excluding carboxylic acids is 3. The second-order valence-electron chi connectivity index (χ2n) is 9.81. The normalized spacial score (nSPS) is 31.9. The number of imide groups is 1. The maximum atomic E-state index is 13.7. The highest BCUT2D eigenvalue weighted by molar-refractivity contribution is 6.31. The molecule has 1 heterocycles. The number of likely N-dealkylation sites (tertiary alicyclic amines) is 1. The quantitative estimate of drug-likeness (QED) is 0.535. The smallest absolute Gasteiger partial charge is 0.248 e. The molecule has 168 valence electrons. The van der Waals surface area contributed by atoms with Gasteiger partial charge < -0.3 is 5.32 Å². The Morgan fingerprint density at radius 2 is 1.64 bits per heavy atom. The van der Waals surface area contributed by atoms with E-state index in [1.54, 1.807) is 18.2 Å². The van der Waals surface area contributed by atoms with Crippen molar-refractivity contribution in [2.45, 2.75) is 25.8 Å². The van der Waals surface area contributed by atoms with Crippen molar-refractivity contribution in [3.8, 4) is 0 Å². The molecule has 2 aromatic carbocycles. The Morgan fingerprint density at radius 3 is 2.27 bits per heavy atom. The van der Waals surface area contributed by atoms with Crippen LogP contribution in [0.4, 0.5) is 5.69 Å². The number of nitrogens with zero attached hydrogens (tertiary/aromatic N) is 1. The first-order valence-corrected chi connectivity index (χ1v) is 12.0. The van der Waals surface area contributed by atoms with Crippen LogP contribution in [0.3, 0.4) is 0 Å². The first-order valence-electron chi connectivity index (χ1n) is 11.6. The number of nitrogens with one attached hydrogen (secondary N) is 1. The molecule has 0 aromatic heterocycles. The van der Waals surface area contributed by atoms with Gasteiger partial charge in [-0.15, -0.1) is 0 Å². The summed E-state index contributed by atoms with van der Waals surface area (Å²) in [6.45, 7) is 1.83. The highest BCUT2D eigenvalue weighted by atomic mass is 35.5. The molecule has 5 aliphatic rings. The summed E-state index contributed by atoms with van der Waals surface area (Å²) in [5, 5.41) is 3.49. The van der Waals surface area contributed by atoms with E-state index >= 15 is 0 Å². The van der Waals surface area contributed by atoms with E-state index in [0.29, 0.717) is 22.5 Å². The first kappa shape index (κ1) is 20.7. The summed E-state index contributed by atoms with van der Waals surface area (Å²) in [5.41, 5.74) is 2.24. The van der Waals surface area contributed by atoms with Crippen molar-refractivity contribution < 1.29 is 14.4 Å². The van der Waals surface area contributed by atoms with Gasteiger partial charge in [0.15, 0.2) is 0 Å². The lowest BCUT2D eigenvalue weighted by Gasteiger charge is -2.37. The molecular weight excluding hydrogens is 436 g/mol. The monoisotopic (exact) mass is 460 g/mol. The molecule has 2 aromatic rings. The molecule has 0 spiro atoms. The van der Waals surface area contributed by atoms with Crippen molar-refractivity contribution >= 4 is 35.0 Å². The number of hydrogen-bond donors (Lipinski definition) is 1. The first-order chi connectivity index (χ1) is 16.0. The van der Waals surface area contributed by atoms with Crippen LogP contribution in [-0.4, -0.2) is 28.7 Å². The van der Waals surface area contributed by atoms with Crippen molar-refractivity contribution in [1.29, 1.82) is 0 Å². The average Bonchev–Trinajstić information content (AvgIpc) is 3.60. The van der Waals surface area contributed by atoms with Crippen molar-refractivity contribution in [3.05, 3.63) is 76.8 Å². The zero-order valence-electron chi connectivity index (χ0n) is 18.3. The Labute approximate surface area is 197 Å². The Kier molecular flexibility index (Phi) is 4.73. The van der Waals surface area contributed by atoms with E-state index in [-0.39, 0.29) is 47.8 Å². The van der Waals surface area contributed by atoms with Gasteiger partial charge in [-0.3, -0.25) is 19.3 Å². The van der Waals surface area contributed by atoms with Gasteiger partial charge in [0, 0.05) is 17.1 Å². The fourth-order valence-corrected chi connectivity index (χ4v) is 6.56. The second kappa shape index (κ2) is 7.56. The summed E-state index contributed by atoms with van der Waals surface area (Å²) in [4.78, 5) is 42.3. The third kappa shape index (κ3) is 3.17. The SMILES string of the molecule is Cc1c(Cl)cccc1NC(=O)[C@@H](Cc1ccccc1)N1C(=O)[C@H]2[C@@H]3C=C[C@H]([C@H]4C[C@H]34)[C@@H]2C1=O. The van der Waals surface area contributed by atoms with Crippen molar-refractivity contribution in [2.75, 3.05) is 5.32 Å². The fourth-order valence-electron chi connectivity index (χ4n) is 6.38. The average molecular weight is 461 g/mol. The molecule has 1 N–H and O–H groups in total. The van der Waals surface area contributed by atoms with E-state index in [1.165, 1.54) is 4.90 Å². The van der Waals surface area contributed by atoms with Gasteiger partial charge in [0.2, 0.25) is 17.7 Å². The van der Waals surface area contributed by atoms with E-state index in [4.69, 9.17) is 11.6 Å². The molecule has 1 saturated heterocycles. The van der Waals surface area contributed by atoms with Gasteiger partial charge in [0.1, 0.15) is 6.04 Å². The standard InChI is InChI=1S/C27H25ClN2O3/c1-14-20(28)8-5-9-21(14)29-25(31)22(12-15-6-3-2-4-7-15)30-26(32)23-16-10-11-17(19-13-18(16)19)24(23)27(30)33/h2-11,16-19,22-24H,12-13H2,1H3,(H,29,31)/t16-,17-,18-,19-,22-,23+,24+/m1/s1. The highest BCUT2D eigenvalue weighted by Gasteiger charge is 2.67. The van der Waals surface area contributed by atoms with Gasteiger partial charge >= 0.3 is 0 Å². The van der Waals surface area contributed by atoms with E-state index in [0.717, 1.165) is 17.5 Å². The number of rotatable bonds is 5. The van der Waals surface area contributed by atoms with Crippen molar-refractivity contribution in [3.63, 3.8) is 0 Å². The summed E-state index contributed by atoms with van der Waals surface area (Å²) in [7, 11) is 0. The Morgan fingerprint density at radius 1 is 1.00 bits per heavy atom. The molecule has 6 heteroatoms. The molecule has 2 bridgehead atoms. The van der Waals surface area contributed by atoms with Crippen LogP contribution in [0, 0.1) is 42.4 Å². The highest BCUT2D eigenvalue weighted by Crippen LogP contribution is 2.65. The summed E-state index contributed by atoms with van der Waals surface area (Å²) in [6, 6.07) is 14.0. The maximum absolute atomic E-state index is 13.7. The third-order valence-corrected chi connectivity index (χ3v) is 8.52. The Balaban J connectivity index is 1.34. The summed E-state index contributed by atoms with van der Waals surface area (Å²) >= 11 is 6.24.